The number of fused-ring (bicyclic) bond motifs is 1. The van der Waals surface area contributed by atoms with Crippen LogP contribution in [0.5, 0.6) is 0 Å². The predicted molar refractivity (Wildman–Crippen MR) is 77.9 cm³/mol. The summed E-state index contributed by atoms with van der Waals surface area (Å²) < 4.78 is 0. The van der Waals surface area contributed by atoms with E-state index in [1.807, 2.05) is 0 Å². The van der Waals surface area contributed by atoms with Crippen molar-refractivity contribution in [3.63, 3.8) is 0 Å². The third-order valence-electron chi connectivity index (χ3n) is 3.99. The summed E-state index contributed by atoms with van der Waals surface area (Å²) in [5, 5.41) is 3.52. The molecule has 0 spiro atoms. The summed E-state index contributed by atoms with van der Waals surface area (Å²) in [6.45, 7) is 17.9. The molecule has 0 aromatic rings. The number of rotatable bonds is 4. The van der Waals surface area contributed by atoms with Crippen LogP contribution in [0.25, 0.3) is 0 Å². The van der Waals surface area contributed by atoms with Crippen LogP contribution in [0.3, 0.4) is 0 Å². The van der Waals surface area contributed by atoms with Gasteiger partial charge in [0.25, 0.3) is 0 Å². The molecule has 0 radical (unpaired) electrons. The molecule has 3 nitrogen and oxygen atoms in total. The molecule has 0 amide bonds. The van der Waals surface area contributed by atoms with Crippen molar-refractivity contribution in [2.45, 2.75) is 45.2 Å². The van der Waals surface area contributed by atoms with Gasteiger partial charge in [-0.05, 0) is 45.7 Å². The topological polar surface area (TPSA) is 18.5 Å². The van der Waals surface area contributed by atoms with Crippen LogP contribution < -0.4 is 5.32 Å². The maximum Gasteiger partial charge on any atom is 0.0224 e. The van der Waals surface area contributed by atoms with Crippen LogP contribution in [0.4, 0.5) is 0 Å². The van der Waals surface area contributed by atoms with Crippen LogP contribution in [0.15, 0.2) is 12.2 Å². The van der Waals surface area contributed by atoms with Gasteiger partial charge in [0.15, 0.2) is 0 Å². The molecule has 2 rings (SSSR count). The molecule has 2 aliphatic rings. The molecular formula is C15H29N3. The first-order valence-electron chi connectivity index (χ1n) is 7.32. The number of nitrogens with one attached hydrogen (secondary N) is 1. The number of nitrogens with zero attached hydrogens (tertiary/aromatic N) is 2. The van der Waals surface area contributed by atoms with E-state index in [-0.39, 0.29) is 5.54 Å². The van der Waals surface area contributed by atoms with Crippen molar-refractivity contribution in [1.82, 2.24) is 15.1 Å². The van der Waals surface area contributed by atoms with Gasteiger partial charge in [-0.1, -0.05) is 6.58 Å². The SMILES string of the molecule is C=C(CNC(C)(C)C)CN1CCN2CCCC2C1. The Bertz CT molecular complexity index is 293. The van der Waals surface area contributed by atoms with Gasteiger partial charge in [-0.2, -0.15) is 0 Å². The minimum absolute atomic E-state index is 0.188. The van der Waals surface area contributed by atoms with E-state index >= 15 is 0 Å². The lowest BCUT2D eigenvalue weighted by molar-refractivity contribution is 0.111. The Kier molecular flexibility index (Phi) is 4.46. The van der Waals surface area contributed by atoms with E-state index in [0.717, 1.165) is 19.1 Å². The molecule has 2 saturated heterocycles. The first kappa shape index (κ1) is 14.0. The quantitative estimate of drug-likeness (QED) is 0.768. The second kappa shape index (κ2) is 5.72. The molecular weight excluding hydrogens is 222 g/mol. The molecule has 2 heterocycles. The smallest absolute Gasteiger partial charge is 0.0224 e. The van der Waals surface area contributed by atoms with E-state index in [4.69, 9.17) is 0 Å². The summed E-state index contributed by atoms with van der Waals surface area (Å²) in [6.07, 6.45) is 2.79. The molecule has 1 unspecified atom stereocenters. The lowest BCUT2D eigenvalue weighted by Crippen LogP contribution is -2.51. The zero-order chi connectivity index (χ0) is 13.2. The summed E-state index contributed by atoms with van der Waals surface area (Å²) >= 11 is 0. The zero-order valence-electron chi connectivity index (χ0n) is 12.3. The summed E-state index contributed by atoms with van der Waals surface area (Å²) in [4.78, 5) is 5.24. The lowest BCUT2D eigenvalue weighted by atomic mass is 10.1. The van der Waals surface area contributed by atoms with Gasteiger partial charge in [0.05, 0.1) is 0 Å². The van der Waals surface area contributed by atoms with Crippen molar-refractivity contribution in [1.29, 1.82) is 0 Å². The van der Waals surface area contributed by atoms with Gasteiger partial charge in [-0.25, -0.2) is 0 Å². The summed E-state index contributed by atoms with van der Waals surface area (Å²) in [5.74, 6) is 0. The van der Waals surface area contributed by atoms with Crippen molar-refractivity contribution in [3.8, 4) is 0 Å². The second-order valence-corrected chi connectivity index (χ2v) is 6.92. The predicted octanol–water partition coefficient (Wildman–Crippen LogP) is 1.71. The van der Waals surface area contributed by atoms with E-state index < -0.39 is 0 Å². The van der Waals surface area contributed by atoms with Crippen LogP contribution >= 0.6 is 0 Å². The van der Waals surface area contributed by atoms with Crippen molar-refractivity contribution >= 4 is 0 Å². The Morgan fingerprint density at radius 3 is 2.78 bits per heavy atom. The van der Waals surface area contributed by atoms with Gasteiger partial charge < -0.3 is 5.32 Å². The highest BCUT2D eigenvalue weighted by atomic mass is 15.3. The molecule has 0 aromatic carbocycles. The Hall–Kier alpha value is -0.380. The lowest BCUT2D eigenvalue weighted by Gasteiger charge is -2.38. The molecule has 3 heteroatoms. The van der Waals surface area contributed by atoms with Gasteiger partial charge >= 0.3 is 0 Å². The monoisotopic (exact) mass is 251 g/mol. The van der Waals surface area contributed by atoms with E-state index in [2.05, 4.69) is 42.5 Å². The van der Waals surface area contributed by atoms with Crippen molar-refractivity contribution in [3.05, 3.63) is 12.2 Å². The minimum Gasteiger partial charge on any atom is -0.308 e. The Balaban J connectivity index is 1.71. The van der Waals surface area contributed by atoms with E-state index in [1.54, 1.807) is 0 Å². The highest BCUT2D eigenvalue weighted by Gasteiger charge is 2.30. The van der Waals surface area contributed by atoms with E-state index in [0.29, 0.717) is 0 Å². The third kappa shape index (κ3) is 4.08. The molecule has 18 heavy (non-hydrogen) atoms. The third-order valence-corrected chi connectivity index (χ3v) is 3.99. The number of piperazine rings is 1. The normalized spacial score (nSPS) is 26.3. The molecule has 0 aromatic heterocycles. The minimum atomic E-state index is 0.188. The average Bonchev–Trinajstić information content (AvgIpc) is 2.72. The maximum atomic E-state index is 4.22. The molecule has 1 N–H and O–H groups in total. The van der Waals surface area contributed by atoms with Gasteiger partial charge in [0, 0.05) is 44.3 Å². The Labute approximate surface area is 112 Å². The first-order valence-corrected chi connectivity index (χ1v) is 7.32. The maximum absolute atomic E-state index is 4.22. The first-order chi connectivity index (χ1) is 8.44. The second-order valence-electron chi connectivity index (χ2n) is 6.92. The molecule has 1 atom stereocenters. The van der Waals surface area contributed by atoms with Crippen LogP contribution in [0.2, 0.25) is 0 Å². The highest BCUT2D eigenvalue weighted by Crippen LogP contribution is 2.21. The zero-order valence-corrected chi connectivity index (χ0v) is 12.3. The largest absolute Gasteiger partial charge is 0.308 e. The van der Waals surface area contributed by atoms with Crippen LogP contribution in [0.1, 0.15) is 33.6 Å². The standard InChI is InChI=1S/C15H29N3/c1-13(10-16-15(2,3)4)11-17-8-9-18-7-5-6-14(18)12-17/h14,16H,1,5-12H2,2-4H3. The number of hydrogen-bond donors (Lipinski definition) is 1. The molecule has 104 valence electrons. The highest BCUT2D eigenvalue weighted by molar-refractivity contribution is 5.02. The summed E-state index contributed by atoms with van der Waals surface area (Å²) in [7, 11) is 0. The van der Waals surface area contributed by atoms with Gasteiger partial charge in [0.1, 0.15) is 0 Å². The molecule has 2 aliphatic heterocycles. The van der Waals surface area contributed by atoms with Crippen molar-refractivity contribution in [2.75, 3.05) is 39.3 Å². The van der Waals surface area contributed by atoms with Crippen molar-refractivity contribution < 1.29 is 0 Å². The Morgan fingerprint density at radius 2 is 2.06 bits per heavy atom. The fourth-order valence-electron chi connectivity index (χ4n) is 2.96. The molecule has 0 saturated carbocycles. The molecule has 0 bridgehead atoms. The summed E-state index contributed by atoms with van der Waals surface area (Å²) in [5.41, 5.74) is 1.50. The van der Waals surface area contributed by atoms with Crippen LogP contribution in [0, 0.1) is 0 Å². The van der Waals surface area contributed by atoms with Crippen molar-refractivity contribution in [2.24, 2.45) is 0 Å². The number of hydrogen-bond acceptors (Lipinski definition) is 3. The Morgan fingerprint density at radius 1 is 1.28 bits per heavy atom. The van der Waals surface area contributed by atoms with Gasteiger partial charge in [0.2, 0.25) is 0 Å². The summed E-state index contributed by atoms with van der Waals surface area (Å²) in [6, 6.07) is 0.821. The molecule has 0 aliphatic carbocycles. The van der Waals surface area contributed by atoms with E-state index in [9.17, 15) is 0 Å². The fourth-order valence-corrected chi connectivity index (χ4v) is 2.96. The molecule has 2 fully saturated rings. The van der Waals surface area contributed by atoms with E-state index in [1.165, 1.54) is 44.6 Å². The van der Waals surface area contributed by atoms with Gasteiger partial charge in [-0.3, -0.25) is 9.80 Å². The fraction of sp³-hybridized carbons (Fsp3) is 0.867. The van der Waals surface area contributed by atoms with Gasteiger partial charge in [-0.15, -0.1) is 0 Å². The average molecular weight is 251 g/mol. The van der Waals surface area contributed by atoms with Crippen LogP contribution in [-0.2, 0) is 0 Å². The van der Waals surface area contributed by atoms with Crippen LogP contribution in [-0.4, -0.2) is 60.6 Å².